The molecule has 1 aromatic rings. The summed E-state index contributed by atoms with van der Waals surface area (Å²) in [6.45, 7) is 1.99. The van der Waals surface area contributed by atoms with Crippen LogP contribution < -0.4 is 11.1 Å². The predicted octanol–water partition coefficient (Wildman–Crippen LogP) is 3.76. The van der Waals surface area contributed by atoms with Crippen LogP contribution in [0.3, 0.4) is 0 Å². The Morgan fingerprint density at radius 3 is 2.80 bits per heavy atom. The molecular formula is C16H23ClN2O. The molecular weight excluding hydrogens is 272 g/mol. The van der Waals surface area contributed by atoms with Crippen LogP contribution >= 0.6 is 12.4 Å². The number of nitrogen functional groups attached to an aromatic ring is 1. The number of nitrogens with two attached hydrogens (primary N) is 1. The number of carbonyl (C=O) groups is 1. The second-order valence-electron chi connectivity index (χ2n) is 6.26. The fourth-order valence-corrected chi connectivity index (χ4v) is 3.84. The second kappa shape index (κ2) is 6.04. The molecule has 110 valence electrons. The molecule has 2 saturated carbocycles. The number of anilines is 2. The highest BCUT2D eigenvalue weighted by Crippen LogP contribution is 2.49. The largest absolute Gasteiger partial charge is 0.399 e. The van der Waals surface area contributed by atoms with Gasteiger partial charge in [0.15, 0.2) is 0 Å². The van der Waals surface area contributed by atoms with Gasteiger partial charge in [0.25, 0.3) is 0 Å². The van der Waals surface area contributed by atoms with Gasteiger partial charge in [-0.15, -0.1) is 12.4 Å². The monoisotopic (exact) mass is 294 g/mol. The number of hydrogen-bond donors (Lipinski definition) is 2. The first-order valence-corrected chi connectivity index (χ1v) is 7.28. The third kappa shape index (κ3) is 3.09. The Morgan fingerprint density at radius 1 is 1.35 bits per heavy atom. The number of halogens is 1. The Bertz CT molecular complexity index is 503. The molecule has 20 heavy (non-hydrogen) atoms. The van der Waals surface area contributed by atoms with Crippen molar-refractivity contribution in [2.45, 2.75) is 39.0 Å². The number of hydrogen-bond acceptors (Lipinski definition) is 2. The van der Waals surface area contributed by atoms with Gasteiger partial charge in [-0.25, -0.2) is 0 Å². The van der Waals surface area contributed by atoms with Crippen molar-refractivity contribution in [3.05, 3.63) is 23.8 Å². The third-order valence-corrected chi connectivity index (χ3v) is 4.87. The zero-order chi connectivity index (χ0) is 13.4. The van der Waals surface area contributed by atoms with Gasteiger partial charge in [-0.05, 0) is 61.6 Å². The number of rotatable bonds is 3. The number of benzene rings is 1. The maximum Gasteiger partial charge on any atom is 0.224 e. The minimum absolute atomic E-state index is 0. The van der Waals surface area contributed by atoms with Crippen LogP contribution in [-0.2, 0) is 4.79 Å². The molecule has 0 heterocycles. The van der Waals surface area contributed by atoms with Crippen molar-refractivity contribution in [2.24, 2.45) is 17.8 Å². The van der Waals surface area contributed by atoms with E-state index in [0.717, 1.165) is 23.1 Å². The molecule has 3 atom stereocenters. The maximum atomic E-state index is 12.2. The van der Waals surface area contributed by atoms with Crippen LogP contribution in [0.15, 0.2) is 18.2 Å². The first-order chi connectivity index (χ1) is 9.11. The third-order valence-electron chi connectivity index (χ3n) is 4.87. The van der Waals surface area contributed by atoms with Crippen LogP contribution in [0.4, 0.5) is 11.4 Å². The molecule has 3 nitrogen and oxygen atoms in total. The van der Waals surface area contributed by atoms with Gasteiger partial charge < -0.3 is 11.1 Å². The first-order valence-electron chi connectivity index (χ1n) is 7.28. The number of carbonyl (C=O) groups excluding carboxylic acids is 1. The molecule has 3 rings (SSSR count). The van der Waals surface area contributed by atoms with Crippen molar-refractivity contribution in [1.29, 1.82) is 0 Å². The van der Waals surface area contributed by atoms with Crippen molar-refractivity contribution in [3.8, 4) is 0 Å². The van der Waals surface area contributed by atoms with E-state index in [9.17, 15) is 4.79 Å². The minimum Gasteiger partial charge on any atom is -0.399 e. The molecule has 0 aliphatic heterocycles. The van der Waals surface area contributed by atoms with Gasteiger partial charge in [-0.3, -0.25) is 4.79 Å². The topological polar surface area (TPSA) is 55.1 Å². The summed E-state index contributed by atoms with van der Waals surface area (Å²) in [5.74, 6) is 2.46. The molecule has 0 spiro atoms. The lowest BCUT2D eigenvalue weighted by Gasteiger charge is -2.21. The molecule has 2 aliphatic rings. The molecule has 0 aromatic heterocycles. The number of amides is 1. The fourth-order valence-electron chi connectivity index (χ4n) is 3.84. The van der Waals surface area contributed by atoms with Crippen LogP contribution in [0.25, 0.3) is 0 Å². The summed E-state index contributed by atoms with van der Waals surface area (Å²) in [6, 6.07) is 5.65. The number of fused-ring (bicyclic) bond motifs is 2. The molecule has 0 saturated heterocycles. The Labute approximate surface area is 126 Å². The summed E-state index contributed by atoms with van der Waals surface area (Å²) in [7, 11) is 0. The first kappa shape index (κ1) is 15.2. The van der Waals surface area contributed by atoms with Crippen LogP contribution in [0.5, 0.6) is 0 Å². The van der Waals surface area contributed by atoms with Gasteiger partial charge in [-0.2, -0.15) is 0 Å². The average molecular weight is 295 g/mol. The Balaban J connectivity index is 0.00000147. The maximum absolute atomic E-state index is 12.2. The lowest BCUT2D eigenvalue weighted by Crippen LogP contribution is -2.20. The van der Waals surface area contributed by atoms with Crippen LogP contribution in [0.2, 0.25) is 0 Å². The van der Waals surface area contributed by atoms with Crippen LogP contribution in [-0.4, -0.2) is 5.91 Å². The lowest BCUT2D eigenvalue weighted by molar-refractivity contribution is -0.117. The summed E-state index contributed by atoms with van der Waals surface area (Å²) in [5, 5.41) is 3.02. The van der Waals surface area contributed by atoms with E-state index in [2.05, 4.69) is 5.32 Å². The smallest absolute Gasteiger partial charge is 0.224 e. The van der Waals surface area contributed by atoms with E-state index in [1.807, 2.05) is 25.1 Å². The lowest BCUT2D eigenvalue weighted by atomic mass is 9.86. The summed E-state index contributed by atoms with van der Waals surface area (Å²) in [6.07, 6.45) is 6.01. The molecule has 0 radical (unpaired) electrons. The summed E-state index contributed by atoms with van der Waals surface area (Å²) in [4.78, 5) is 12.2. The molecule has 3 unspecified atom stereocenters. The SMILES string of the molecule is Cc1ccc(N)cc1NC(=O)CC1CC2CCC1C2.Cl. The molecule has 3 N–H and O–H groups in total. The van der Waals surface area contributed by atoms with E-state index < -0.39 is 0 Å². The summed E-state index contributed by atoms with van der Waals surface area (Å²) >= 11 is 0. The van der Waals surface area contributed by atoms with E-state index in [-0.39, 0.29) is 18.3 Å². The van der Waals surface area contributed by atoms with Crippen molar-refractivity contribution < 1.29 is 4.79 Å². The van der Waals surface area contributed by atoms with E-state index in [1.165, 1.54) is 25.7 Å². The van der Waals surface area contributed by atoms with Gasteiger partial charge in [0, 0.05) is 17.8 Å². The summed E-state index contributed by atoms with van der Waals surface area (Å²) < 4.78 is 0. The summed E-state index contributed by atoms with van der Waals surface area (Å²) in [5.41, 5.74) is 8.38. The zero-order valence-corrected chi connectivity index (χ0v) is 12.7. The van der Waals surface area contributed by atoms with E-state index in [0.29, 0.717) is 18.0 Å². The van der Waals surface area contributed by atoms with Crippen molar-refractivity contribution in [2.75, 3.05) is 11.1 Å². The van der Waals surface area contributed by atoms with Gasteiger partial charge in [-0.1, -0.05) is 12.5 Å². The van der Waals surface area contributed by atoms with Crippen LogP contribution in [0, 0.1) is 24.7 Å². The Kier molecular flexibility index (Phi) is 4.59. The highest BCUT2D eigenvalue weighted by atomic mass is 35.5. The molecule has 2 fully saturated rings. The fraction of sp³-hybridized carbons (Fsp3) is 0.562. The Hall–Kier alpha value is -1.22. The average Bonchev–Trinajstić information content (AvgIpc) is 2.96. The van der Waals surface area contributed by atoms with Gasteiger partial charge >= 0.3 is 0 Å². The molecule has 2 bridgehead atoms. The minimum atomic E-state index is 0. The van der Waals surface area contributed by atoms with E-state index in [1.54, 1.807) is 0 Å². The number of aryl methyl sites for hydroxylation is 1. The number of nitrogens with one attached hydrogen (secondary N) is 1. The van der Waals surface area contributed by atoms with Crippen LogP contribution in [0.1, 0.15) is 37.7 Å². The standard InChI is InChI=1S/C16H22N2O.ClH/c1-10-2-5-14(17)9-15(10)18-16(19)8-13-7-11-3-4-12(13)6-11;/h2,5,9,11-13H,3-4,6-8,17H2,1H3,(H,18,19);1H. The van der Waals surface area contributed by atoms with Crippen molar-refractivity contribution in [1.82, 2.24) is 0 Å². The van der Waals surface area contributed by atoms with Crippen molar-refractivity contribution >= 4 is 29.7 Å². The van der Waals surface area contributed by atoms with Crippen molar-refractivity contribution in [3.63, 3.8) is 0 Å². The molecule has 1 aromatic carbocycles. The highest BCUT2D eigenvalue weighted by molar-refractivity contribution is 5.92. The zero-order valence-electron chi connectivity index (χ0n) is 11.9. The normalized spacial score (nSPS) is 27.1. The Morgan fingerprint density at radius 2 is 2.15 bits per heavy atom. The quantitative estimate of drug-likeness (QED) is 0.834. The predicted molar refractivity (Wildman–Crippen MR) is 85.0 cm³/mol. The molecule has 2 aliphatic carbocycles. The highest BCUT2D eigenvalue weighted by Gasteiger charge is 2.40. The van der Waals surface area contributed by atoms with E-state index >= 15 is 0 Å². The second-order valence-corrected chi connectivity index (χ2v) is 6.26. The van der Waals surface area contributed by atoms with Gasteiger partial charge in [0.2, 0.25) is 5.91 Å². The molecule has 4 heteroatoms. The molecule has 1 amide bonds. The van der Waals surface area contributed by atoms with E-state index in [4.69, 9.17) is 5.73 Å². The van der Waals surface area contributed by atoms with Gasteiger partial charge in [0.1, 0.15) is 0 Å². The van der Waals surface area contributed by atoms with Gasteiger partial charge in [0.05, 0.1) is 0 Å².